The van der Waals surface area contributed by atoms with Crippen LogP contribution in [0, 0.1) is 17.1 Å². The highest BCUT2D eigenvalue weighted by atomic mass is 32.1. The van der Waals surface area contributed by atoms with Gasteiger partial charge in [-0.15, -0.1) is 0 Å². The van der Waals surface area contributed by atoms with E-state index < -0.39 is 0 Å². The molecule has 108 valence electrons. The highest BCUT2D eigenvalue weighted by molar-refractivity contribution is 7.16. The summed E-state index contributed by atoms with van der Waals surface area (Å²) in [4.78, 5) is 8.80. The van der Waals surface area contributed by atoms with Crippen molar-refractivity contribution in [2.75, 3.05) is 41.7 Å². The molecule has 1 aliphatic heterocycles. The van der Waals surface area contributed by atoms with Crippen LogP contribution in [0.4, 0.5) is 21.0 Å². The topological polar surface area (TPSA) is 69.2 Å². The summed E-state index contributed by atoms with van der Waals surface area (Å²) in [6, 6.07) is 8.90. The second-order valence-electron chi connectivity index (χ2n) is 4.74. The van der Waals surface area contributed by atoms with Gasteiger partial charge in [0.15, 0.2) is 15.8 Å². The van der Waals surface area contributed by atoms with Crippen molar-refractivity contribution in [3.8, 4) is 6.07 Å². The zero-order chi connectivity index (χ0) is 14.8. The van der Waals surface area contributed by atoms with Crippen molar-refractivity contribution in [1.82, 2.24) is 4.98 Å². The minimum atomic E-state index is -0.207. The van der Waals surface area contributed by atoms with Crippen LogP contribution in [0.15, 0.2) is 24.3 Å². The first-order valence-electron chi connectivity index (χ1n) is 6.60. The van der Waals surface area contributed by atoms with Gasteiger partial charge in [0.1, 0.15) is 11.9 Å². The quantitative estimate of drug-likeness (QED) is 0.919. The van der Waals surface area contributed by atoms with E-state index in [1.807, 2.05) is 15.9 Å². The van der Waals surface area contributed by atoms with Gasteiger partial charge in [-0.1, -0.05) is 23.5 Å². The number of aromatic nitrogens is 1. The summed E-state index contributed by atoms with van der Waals surface area (Å²) in [6.45, 7) is 2.74. The smallest absolute Gasteiger partial charge is 0.183 e. The number of rotatable bonds is 2. The number of nitrogens with zero attached hydrogens (tertiary/aromatic N) is 4. The third kappa shape index (κ3) is 2.62. The Hall–Kier alpha value is -2.33. The van der Waals surface area contributed by atoms with E-state index in [9.17, 15) is 4.39 Å². The molecule has 3 rings (SSSR count). The first-order valence-corrected chi connectivity index (χ1v) is 7.41. The first kappa shape index (κ1) is 13.6. The summed E-state index contributed by atoms with van der Waals surface area (Å²) in [7, 11) is 0. The van der Waals surface area contributed by atoms with Gasteiger partial charge in [-0.3, -0.25) is 0 Å². The van der Waals surface area contributed by atoms with Crippen LogP contribution in [0.2, 0.25) is 0 Å². The SMILES string of the molecule is N#Cc1sc(N)nc1N1CCN(c2ccccc2F)CC1. The van der Waals surface area contributed by atoms with Crippen molar-refractivity contribution in [1.29, 1.82) is 5.26 Å². The van der Waals surface area contributed by atoms with Crippen molar-refractivity contribution >= 4 is 28.0 Å². The van der Waals surface area contributed by atoms with Crippen LogP contribution < -0.4 is 15.5 Å². The molecule has 1 fully saturated rings. The maximum absolute atomic E-state index is 13.8. The minimum Gasteiger partial charge on any atom is -0.375 e. The molecule has 0 atom stereocenters. The predicted octanol–water partition coefficient (Wildman–Crippen LogP) is 2.06. The Morgan fingerprint density at radius 1 is 1.19 bits per heavy atom. The molecule has 2 aromatic rings. The first-order chi connectivity index (χ1) is 10.2. The van der Waals surface area contributed by atoms with E-state index in [0.717, 1.165) is 0 Å². The third-order valence-electron chi connectivity index (χ3n) is 3.50. The van der Waals surface area contributed by atoms with Gasteiger partial charge < -0.3 is 15.5 Å². The number of nitriles is 1. The van der Waals surface area contributed by atoms with Crippen LogP contribution in [0.3, 0.4) is 0 Å². The Labute approximate surface area is 126 Å². The lowest BCUT2D eigenvalue weighted by Gasteiger charge is -2.36. The summed E-state index contributed by atoms with van der Waals surface area (Å²) in [5, 5.41) is 9.51. The summed E-state index contributed by atoms with van der Waals surface area (Å²) in [5.74, 6) is 0.440. The highest BCUT2D eigenvalue weighted by Crippen LogP contribution is 2.29. The van der Waals surface area contributed by atoms with Crippen molar-refractivity contribution in [2.24, 2.45) is 0 Å². The lowest BCUT2D eigenvalue weighted by molar-refractivity contribution is 0.596. The van der Waals surface area contributed by atoms with E-state index in [2.05, 4.69) is 11.1 Å². The largest absolute Gasteiger partial charge is 0.375 e. The molecule has 0 bridgehead atoms. The molecule has 7 heteroatoms. The Morgan fingerprint density at radius 2 is 1.86 bits per heavy atom. The number of hydrogen-bond donors (Lipinski definition) is 1. The molecule has 1 aliphatic rings. The van der Waals surface area contributed by atoms with Gasteiger partial charge in [-0.25, -0.2) is 9.37 Å². The molecule has 0 spiro atoms. The van der Waals surface area contributed by atoms with Gasteiger partial charge in [0.2, 0.25) is 0 Å². The molecule has 2 heterocycles. The molecule has 0 unspecified atom stereocenters. The molecule has 0 amide bonds. The number of nitrogen functional groups attached to an aromatic ring is 1. The monoisotopic (exact) mass is 303 g/mol. The van der Waals surface area contributed by atoms with Gasteiger partial charge >= 0.3 is 0 Å². The molecule has 2 N–H and O–H groups in total. The van der Waals surface area contributed by atoms with E-state index in [-0.39, 0.29) is 5.82 Å². The molecular weight excluding hydrogens is 289 g/mol. The summed E-state index contributed by atoms with van der Waals surface area (Å²) in [5.41, 5.74) is 6.29. The Kier molecular flexibility index (Phi) is 3.62. The van der Waals surface area contributed by atoms with E-state index in [0.29, 0.717) is 47.7 Å². The summed E-state index contributed by atoms with van der Waals surface area (Å²) >= 11 is 1.20. The average molecular weight is 303 g/mol. The molecule has 1 aromatic heterocycles. The summed E-state index contributed by atoms with van der Waals surface area (Å²) < 4.78 is 13.8. The van der Waals surface area contributed by atoms with Gasteiger partial charge in [0.25, 0.3) is 0 Å². The molecule has 1 saturated heterocycles. The third-order valence-corrected chi connectivity index (χ3v) is 4.28. The van der Waals surface area contributed by atoms with Gasteiger partial charge in [-0.2, -0.15) is 5.26 Å². The average Bonchev–Trinajstić information content (AvgIpc) is 2.89. The van der Waals surface area contributed by atoms with Crippen LogP contribution >= 0.6 is 11.3 Å². The molecule has 21 heavy (non-hydrogen) atoms. The number of thiazole rings is 1. The Bertz CT molecular complexity index is 685. The Balaban J connectivity index is 1.74. The summed E-state index contributed by atoms with van der Waals surface area (Å²) in [6.07, 6.45) is 0. The lowest BCUT2D eigenvalue weighted by atomic mass is 10.2. The van der Waals surface area contributed by atoms with Crippen LogP contribution in [-0.4, -0.2) is 31.2 Å². The van der Waals surface area contributed by atoms with E-state index >= 15 is 0 Å². The normalized spacial score (nSPS) is 15.0. The maximum Gasteiger partial charge on any atom is 0.183 e. The molecule has 5 nitrogen and oxygen atoms in total. The second kappa shape index (κ2) is 5.58. The van der Waals surface area contributed by atoms with Crippen LogP contribution in [0.1, 0.15) is 4.88 Å². The van der Waals surface area contributed by atoms with Gasteiger partial charge in [0.05, 0.1) is 5.69 Å². The van der Waals surface area contributed by atoms with Crippen LogP contribution in [0.25, 0.3) is 0 Å². The lowest BCUT2D eigenvalue weighted by Crippen LogP contribution is -2.47. The number of benzene rings is 1. The fourth-order valence-corrected chi connectivity index (χ4v) is 3.14. The molecule has 0 radical (unpaired) electrons. The molecule has 0 aliphatic carbocycles. The number of halogens is 1. The fraction of sp³-hybridized carbons (Fsp3) is 0.286. The van der Waals surface area contributed by atoms with Gasteiger partial charge in [0, 0.05) is 26.2 Å². The van der Waals surface area contributed by atoms with E-state index in [4.69, 9.17) is 11.0 Å². The zero-order valence-corrected chi connectivity index (χ0v) is 12.1. The number of piperazine rings is 1. The van der Waals surface area contributed by atoms with Gasteiger partial charge in [-0.05, 0) is 12.1 Å². The van der Waals surface area contributed by atoms with E-state index in [1.165, 1.54) is 17.4 Å². The number of para-hydroxylation sites is 1. The Morgan fingerprint density at radius 3 is 2.52 bits per heavy atom. The van der Waals surface area contributed by atoms with Crippen molar-refractivity contribution < 1.29 is 4.39 Å². The molecule has 1 aromatic carbocycles. The minimum absolute atomic E-state index is 0.207. The fourth-order valence-electron chi connectivity index (χ4n) is 2.48. The predicted molar refractivity (Wildman–Crippen MR) is 82.1 cm³/mol. The van der Waals surface area contributed by atoms with Crippen molar-refractivity contribution in [3.63, 3.8) is 0 Å². The number of nitrogens with two attached hydrogens (primary N) is 1. The van der Waals surface area contributed by atoms with Crippen LogP contribution in [-0.2, 0) is 0 Å². The highest BCUT2D eigenvalue weighted by Gasteiger charge is 2.23. The standard InChI is InChI=1S/C14H14FN5S/c15-10-3-1-2-4-11(10)19-5-7-20(8-6-19)13-12(9-16)21-14(17)18-13/h1-4H,5-8H2,(H2,17,18). The molecular formula is C14H14FN5S. The maximum atomic E-state index is 13.8. The van der Waals surface area contributed by atoms with Crippen molar-refractivity contribution in [3.05, 3.63) is 35.0 Å². The molecule has 0 saturated carbocycles. The number of anilines is 3. The van der Waals surface area contributed by atoms with E-state index in [1.54, 1.807) is 12.1 Å². The van der Waals surface area contributed by atoms with Crippen LogP contribution in [0.5, 0.6) is 0 Å². The zero-order valence-electron chi connectivity index (χ0n) is 11.3. The number of hydrogen-bond acceptors (Lipinski definition) is 6. The van der Waals surface area contributed by atoms with Crippen molar-refractivity contribution in [2.45, 2.75) is 0 Å². The second-order valence-corrected chi connectivity index (χ2v) is 5.77.